The number of pyridine rings is 1. The van der Waals surface area contributed by atoms with E-state index in [1.165, 1.54) is 46.1 Å². The molecular weight excluding hydrogens is 449 g/mol. The molecule has 0 radical (unpaired) electrons. The van der Waals surface area contributed by atoms with Crippen LogP contribution in [0.1, 0.15) is 46.2 Å². The van der Waals surface area contributed by atoms with Crippen molar-refractivity contribution in [1.29, 1.82) is 0 Å². The third-order valence-electron chi connectivity index (χ3n) is 5.61. The summed E-state index contributed by atoms with van der Waals surface area (Å²) in [6.07, 6.45) is 12.9. The number of rotatable bonds is 6. The fourth-order valence-electron chi connectivity index (χ4n) is 3.77. The average molecular weight is 466 g/mol. The van der Waals surface area contributed by atoms with Gasteiger partial charge in [-0.2, -0.15) is 0 Å². The van der Waals surface area contributed by atoms with Crippen LogP contribution in [0.25, 0.3) is 11.3 Å². The summed E-state index contributed by atoms with van der Waals surface area (Å²) in [6.45, 7) is 0.360. The highest BCUT2D eigenvalue weighted by Crippen LogP contribution is 2.39. The van der Waals surface area contributed by atoms with Gasteiger partial charge < -0.3 is 9.72 Å². The maximum atomic E-state index is 14.3. The molecule has 1 amide bonds. The summed E-state index contributed by atoms with van der Waals surface area (Å²) in [4.78, 5) is 25.6. The number of halogens is 2. The van der Waals surface area contributed by atoms with Crippen LogP contribution in [0.3, 0.4) is 0 Å². The van der Waals surface area contributed by atoms with Crippen LogP contribution in [0.5, 0.6) is 0 Å². The number of imidazole rings is 2. The highest BCUT2D eigenvalue weighted by molar-refractivity contribution is 6.31. The van der Waals surface area contributed by atoms with Gasteiger partial charge in [-0.3, -0.25) is 9.20 Å². The van der Waals surface area contributed by atoms with Crippen molar-refractivity contribution in [1.82, 2.24) is 44.1 Å². The summed E-state index contributed by atoms with van der Waals surface area (Å²) in [7, 11) is 0. The summed E-state index contributed by atoms with van der Waals surface area (Å²) in [5, 5.41) is 10.6. The zero-order valence-corrected chi connectivity index (χ0v) is 17.9. The van der Waals surface area contributed by atoms with Gasteiger partial charge in [0.1, 0.15) is 5.52 Å². The van der Waals surface area contributed by atoms with E-state index in [9.17, 15) is 9.18 Å². The van der Waals surface area contributed by atoms with E-state index >= 15 is 0 Å². The van der Waals surface area contributed by atoms with Crippen molar-refractivity contribution < 1.29 is 9.18 Å². The number of carbonyl (C=O) groups excluding carboxylic acids is 1. The molecule has 1 aliphatic carbocycles. The van der Waals surface area contributed by atoms with Crippen molar-refractivity contribution in [2.45, 2.75) is 31.8 Å². The Kier molecular flexibility index (Phi) is 4.57. The topological polar surface area (TPSA) is 107 Å². The van der Waals surface area contributed by atoms with Crippen LogP contribution in [-0.2, 0) is 13.1 Å². The molecule has 12 heteroatoms. The highest BCUT2D eigenvalue weighted by atomic mass is 35.5. The van der Waals surface area contributed by atoms with Gasteiger partial charge in [-0.1, -0.05) is 16.8 Å². The predicted molar refractivity (Wildman–Crippen MR) is 115 cm³/mol. The lowest BCUT2D eigenvalue weighted by Gasteiger charge is -2.03. The summed E-state index contributed by atoms with van der Waals surface area (Å²) in [5.41, 5.74) is 2.69. The molecule has 0 unspecified atom stereocenters. The lowest BCUT2D eigenvalue weighted by molar-refractivity contribution is 0.0945. The summed E-state index contributed by atoms with van der Waals surface area (Å²) < 4.78 is 19.3. The summed E-state index contributed by atoms with van der Waals surface area (Å²) >= 11 is 5.86. The molecule has 166 valence electrons. The minimum absolute atomic E-state index is 0.00979. The lowest BCUT2D eigenvalue weighted by Crippen LogP contribution is -2.23. The average Bonchev–Trinajstić information content (AvgIpc) is 3.23. The second kappa shape index (κ2) is 7.62. The zero-order valence-electron chi connectivity index (χ0n) is 17.2. The third-order valence-corrected chi connectivity index (χ3v) is 5.90. The number of fused-ring (bicyclic) bond motifs is 2. The van der Waals surface area contributed by atoms with Crippen LogP contribution in [0.4, 0.5) is 4.39 Å². The molecule has 0 saturated heterocycles. The second-order valence-corrected chi connectivity index (χ2v) is 8.42. The van der Waals surface area contributed by atoms with Crippen molar-refractivity contribution in [2.24, 2.45) is 0 Å². The number of nitrogens with one attached hydrogen (secondary N) is 1. The van der Waals surface area contributed by atoms with Gasteiger partial charge in [-0.15, -0.1) is 5.10 Å². The molecule has 1 saturated carbocycles. The van der Waals surface area contributed by atoms with Crippen LogP contribution in [0.15, 0.2) is 43.4 Å². The Morgan fingerprint density at radius 1 is 1.21 bits per heavy atom. The molecule has 1 fully saturated rings. The predicted octanol–water partition coefficient (Wildman–Crippen LogP) is 2.62. The number of amides is 1. The fraction of sp³-hybridized carbons (Fsp3) is 0.238. The second-order valence-electron chi connectivity index (χ2n) is 8.01. The van der Waals surface area contributed by atoms with E-state index in [2.05, 4.69) is 36.8 Å². The number of aromatic nitrogens is 8. The van der Waals surface area contributed by atoms with E-state index in [4.69, 9.17) is 11.6 Å². The number of hydrogen-bond acceptors (Lipinski definition) is 6. The Labute approximate surface area is 191 Å². The molecule has 0 spiro atoms. The van der Waals surface area contributed by atoms with E-state index < -0.39 is 11.7 Å². The zero-order chi connectivity index (χ0) is 22.5. The molecule has 1 N–H and O–H groups in total. The highest BCUT2D eigenvalue weighted by Gasteiger charge is 2.24. The number of carbonyl (C=O) groups is 1. The molecule has 0 bridgehead atoms. The first-order valence-corrected chi connectivity index (χ1v) is 10.7. The molecule has 33 heavy (non-hydrogen) atoms. The first-order chi connectivity index (χ1) is 16.0. The van der Waals surface area contributed by atoms with Gasteiger partial charge in [0, 0.05) is 24.8 Å². The van der Waals surface area contributed by atoms with Crippen LogP contribution < -0.4 is 5.32 Å². The summed E-state index contributed by atoms with van der Waals surface area (Å²) in [5.74, 6) is 0.193. The molecule has 0 atom stereocenters. The van der Waals surface area contributed by atoms with Crippen LogP contribution in [0, 0.1) is 5.82 Å². The maximum absolute atomic E-state index is 14.3. The van der Waals surface area contributed by atoms with Gasteiger partial charge in [0.15, 0.2) is 11.5 Å². The van der Waals surface area contributed by atoms with Gasteiger partial charge >= 0.3 is 0 Å². The van der Waals surface area contributed by atoms with Gasteiger partial charge in [-0.05, 0) is 30.4 Å². The van der Waals surface area contributed by atoms with Crippen molar-refractivity contribution in [3.63, 3.8) is 0 Å². The molecule has 6 rings (SSSR count). The van der Waals surface area contributed by atoms with Gasteiger partial charge in [-0.25, -0.2) is 24.0 Å². The smallest absolute Gasteiger partial charge is 0.273 e. The van der Waals surface area contributed by atoms with E-state index in [0.29, 0.717) is 23.9 Å². The Hall–Kier alpha value is -3.86. The lowest BCUT2D eigenvalue weighted by atomic mass is 10.2. The van der Waals surface area contributed by atoms with Crippen molar-refractivity contribution in [2.75, 3.05) is 0 Å². The van der Waals surface area contributed by atoms with Gasteiger partial charge in [0.25, 0.3) is 5.91 Å². The normalized spacial score (nSPS) is 13.8. The van der Waals surface area contributed by atoms with E-state index in [1.807, 2.05) is 16.8 Å². The van der Waals surface area contributed by atoms with E-state index in [1.54, 1.807) is 6.20 Å². The van der Waals surface area contributed by atoms with Crippen LogP contribution in [0.2, 0.25) is 5.02 Å². The monoisotopic (exact) mass is 465 g/mol. The molecule has 0 aromatic carbocycles. The molecule has 10 nitrogen and oxygen atoms in total. The van der Waals surface area contributed by atoms with Crippen molar-refractivity contribution >= 4 is 28.8 Å². The van der Waals surface area contributed by atoms with Crippen LogP contribution >= 0.6 is 11.6 Å². The molecule has 5 aromatic rings. The molecule has 5 aromatic heterocycles. The Morgan fingerprint density at radius 2 is 2.09 bits per heavy atom. The van der Waals surface area contributed by atoms with E-state index in [0.717, 1.165) is 5.69 Å². The standard InChI is InChI=1S/C21H17ClFN9O/c22-15-3-4-30-11-26-16(19(30)18(15)23)6-24-20(33)17-10-32(29-28-17)9-14-8-31-7-13(12-1-2-12)5-25-21(31)27-14/h3-5,7-8,10-12H,1-2,6,9H2,(H,24,33). The van der Waals surface area contributed by atoms with Crippen molar-refractivity contribution in [3.8, 4) is 0 Å². The SMILES string of the molecule is O=C(NCc1ncn2ccc(Cl)c(F)c12)c1cn(Cc2cn3cc(C4CC4)cnc3n2)nn1. The fourth-order valence-corrected chi connectivity index (χ4v) is 3.91. The molecular formula is C21H17ClFN9O. The first-order valence-electron chi connectivity index (χ1n) is 10.4. The Morgan fingerprint density at radius 3 is 2.94 bits per heavy atom. The summed E-state index contributed by atoms with van der Waals surface area (Å²) in [6, 6.07) is 1.44. The molecule has 1 aliphatic rings. The Bertz CT molecular complexity index is 1520. The largest absolute Gasteiger partial charge is 0.345 e. The minimum atomic E-state index is -0.585. The minimum Gasteiger partial charge on any atom is -0.345 e. The van der Waals surface area contributed by atoms with Crippen LogP contribution in [-0.4, -0.2) is 44.7 Å². The van der Waals surface area contributed by atoms with Gasteiger partial charge in [0.05, 0.1) is 42.0 Å². The third kappa shape index (κ3) is 3.69. The van der Waals surface area contributed by atoms with Gasteiger partial charge in [0.2, 0.25) is 5.78 Å². The first kappa shape index (κ1) is 19.8. The Balaban J connectivity index is 1.14. The number of nitrogens with zero attached hydrogens (tertiary/aromatic N) is 8. The van der Waals surface area contributed by atoms with E-state index in [-0.39, 0.29) is 22.8 Å². The quantitative estimate of drug-likeness (QED) is 0.413. The molecule has 5 heterocycles. The maximum Gasteiger partial charge on any atom is 0.273 e. The number of hydrogen-bond donors (Lipinski definition) is 1. The van der Waals surface area contributed by atoms with Crippen molar-refractivity contribution in [3.05, 3.63) is 76.9 Å². The molecule has 0 aliphatic heterocycles.